The zero-order chi connectivity index (χ0) is 17.5. The zero-order valence-electron chi connectivity index (χ0n) is 14.3. The molecule has 2 aromatic rings. The zero-order valence-corrected chi connectivity index (χ0v) is 15.2. The van der Waals surface area contributed by atoms with E-state index < -0.39 is 12.0 Å². The Labute approximate surface area is 146 Å². The first-order chi connectivity index (χ1) is 11.5. The van der Waals surface area contributed by atoms with Gasteiger partial charge in [0.2, 0.25) is 0 Å². The quantitative estimate of drug-likeness (QED) is 0.642. The molecule has 130 valence electrons. The molecule has 0 fully saturated rings. The number of hydrogen-bond acceptors (Lipinski definition) is 6. The third-order valence-electron chi connectivity index (χ3n) is 3.70. The Balaban J connectivity index is 2.33. The van der Waals surface area contributed by atoms with Crippen LogP contribution < -0.4 is 15.3 Å². The number of carbonyl (C=O) groups excluding carboxylic acids is 1. The highest BCUT2D eigenvalue weighted by molar-refractivity contribution is 7.98. The Hall–Kier alpha value is -1.86. The van der Waals surface area contributed by atoms with Gasteiger partial charge >= 0.3 is 0 Å². The Bertz CT molecular complexity index is 693. The van der Waals surface area contributed by atoms with Crippen molar-refractivity contribution in [2.24, 2.45) is 0 Å². The van der Waals surface area contributed by atoms with Crippen molar-refractivity contribution in [2.75, 3.05) is 38.0 Å². The van der Waals surface area contributed by atoms with Crippen molar-refractivity contribution in [1.82, 2.24) is 9.97 Å². The number of nitrogens with zero attached hydrogens (tertiary/aromatic N) is 2. The molecule has 7 heteroatoms. The Kier molecular flexibility index (Phi) is 6.81. The first-order valence-electron chi connectivity index (χ1n) is 8.02. The van der Waals surface area contributed by atoms with Crippen LogP contribution in [-0.4, -0.2) is 54.6 Å². The fourth-order valence-corrected chi connectivity index (χ4v) is 2.83. The van der Waals surface area contributed by atoms with E-state index in [0.29, 0.717) is 12.2 Å². The molecule has 1 aromatic heterocycles. The van der Waals surface area contributed by atoms with Gasteiger partial charge in [0.25, 0.3) is 0 Å². The highest BCUT2D eigenvalue weighted by Crippen LogP contribution is 2.21. The first kappa shape index (κ1) is 18.5. The summed E-state index contributed by atoms with van der Waals surface area (Å²) in [7, 11) is 4.16. The van der Waals surface area contributed by atoms with Gasteiger partial charge in [-0.05, 0) is 30.6 Å². The van der Waals surface area contributed by atoms with E-state index in [1.807, 2.05) is 30.5 Å². The normalized spacial score (nSPS) is 12.5. The average molecular weight is 348 g/mol. The molecule has 1 atom stereocenters. The highest BCUT2D eigenvalue weighted by atomic mass is 32.2. The monoisotopic (exact) mass is 348 g/mol. The number of quaternary nitrogens is 1. The lowest BCUT2D eigenvalue weighted by atomic mass is 10.2. The van der Waals surface area contributed by atoms with Crippen molar-refractivity contribution in [1.29, 1.82) is 0 Å². The third-order valence-corrected chi connectivity index (χ3v) is 4.35. The summed E-state index contributed by atoms with van der Waals surface area (Å²) in [4.78, 5) is 21.9. The molecular weight excluding hydrogens is 324 g/mol. The summed E-state index contributed by atoms with van der Waals surface area (Å²) in [5, 5.41) is 15.3. The van der Waals surface area contributed by atoms with Crippen LogP contribution in [0.2, 0.25) is 0 Å². The Morgan fingerprint density at radius 1 is 1.33 bits per heavy atom. The number of rotatable bonds is 9. The number of carboxylic acids is 1. The van der Waals surface area contributed by atoms with E-state index in [0.717, 1.165) is 35.4 Å². The summed E-state index contributed by atoms with van der Waals surface area (Å²) >= 11 is 1.61. The molecule has 0 saturated carbocycles. The van der Waals surface area contributed by atoms with Gasteiger partial charge < -0.3 is 20.1 Å². The number of nitrogens with one attached hydrogen (secondary N) is 2. The summed E-state index contributed by atoms with van der Waals surface area (Å²) in [5.41, 5.74) is 0.820. The number of benzene rings is 1. The minimum Gasteiger partial charge on any atom is -0.548 e. The predicted molar refractivity (Wildman–Crippen MR) is 96.3 cm³/mol. The van der Waals surface area contributed by atoms with E-state index in [-0.39, 0.29) is 0 Å². The number of anilines is 1. The van der Waals surface area contributed by atoms with Gasteiger partial charge in [0.15, 0.2) is 0 Å². The van der Waals surface area contributed by atoms with Gasteiger partial charge in [0, 0.05) is 5.39 Å². The van der Waals surface area contributed by atoms with E-state index in [1.165, 1.54) is 4.90 Å². The number of carboxylic acid groups (broad SMARTS) is 1. The number of thioether (sulfide) groups is 1. The molecule has 1 heterocycles. The van der Waals surface area contributed by atoms with Gasteiger partial charge in [0.05, 0.1) is 44.6 Å². The minimum atomic E-state index is -1.11. The van der Waals surface area contributed by atoms with Crippen LogP contribution >= 0.6 is 11.8 Å². The van der Waals surface area contributed by atoms with Gasteiger partial charge in [-0.2, -0.15) is 11.8 Å². The van der Waals surface area contributed by atoms with Crippen molar-refractivity contribution in [2.45, 2.75) is 18.9 Å². The Morgan fingerprint density at radius 3 is 2.75 bits per heavy atom. The van der Waals surface area contributed by atoms with E-state index in [2.05, 4.69) is 29.4 Å². The number of fused-ring (bicyclic) bond motifs is 1. The largest absolute Gasteiger partial charge is 0.548 e. The molecule has 6 nitrogen and oxygen atoms in total. The van der Waals surface area contributed by atoms with E-state index in [9.17, 15) is 9.90 Å². The second kappa shape index (κ2) is 8.84. The fourth-order valence-electron chi connectivity index (χ4n) is 2.36. The van der Waals surface area contributed by atoms with E-state index in [4.69, 9.17) is 0 Å². The summed E-state index contributed by atoms with van der Waals surface area (Å²) in [6.45, 7) is 0.911. The molecule has 2 rings (SSSR count). The van der Waals surface area contributed by atoms with Crippen LogP contribution in [0.3, 0.4) is 0 Å². The number of carbonyl (C=O) groups is 1. The summed E-state index contributed by atoms with van der Waals surface area (Å²) in [6, 6.07) is 6.88. The van der Waals surface area contributed by atoms with Crippen LogP contribution in [0.25, 0.3) is 10.9 Å². The van der Waals surface area contributed by atoms with Gasteiger partial charge in [-0.25, -0.2) is 9.97 Å². The molecule has 2 N–H and O–H groups in total. The topological polar surface area (TPSA) is 82.4 Å². The lowest BCUT2D eigenvalue weighted by molar-refractivity contribution is -0.858. The van der Waals surface area contributed by atoms with Crippen molar-refractivity contribution in [3.63, 3.8) is 0 Å². The molecule has 0 aliphatic heterocycles. The number of aromatic nitrogens is 2. The molecule has 0 spiro atoms. The summed E-state index contributed by atoms with van der Waals surface area (Å²) in [6.07, 6.45) is 3.18. The standard InChI is InChI=1S/C17H24N4O2S/c1-21(2)10-8-15-18-13-7-5-4-6-12(13)16(20-15)19-14(17(22)23)9-11-24-3/h4-7,14H,8-11H2,1-3H3,(H,22,23)(H,18,19,20)/t14-/m1/s1. The van der Waals surface area contributed by atoms with Gasteiger partial charge in [-0.15, -0.1) is 0 Å². The van der Waals surface area contributed by atoms with Gasteiger partial charge in [-0.3, -0.25) is 0 Å². The van der Waals surface area contributed by atoms with Crippen molar-refractivity contribution < 1.29 is 14.8 Å². The lowest BCUT2D eigenvalue weighted by Crippen LogP contribution is -3.06. The number of hydrogen-bond donors (Lipinski definition) is 2. The average Bonchev–Trinajstić information content (AvgIpc) is 2.56. The molecule has 0 radical (unpaired) electrons. The highest BCUT2D eigenvalue weighted by Gasteiger charge is 2.14. The van der Waals surface area contributed by atoms with Crippen LogP contribution in [0.1, 0.15) is 12.2 Å². The number of aliphatic carboxylic acids is 1. The smallest absolute Gasteiger partial charge is 0.138 e. The SMILES string of the molecule is CSCC[C@@H](Nc1nc(CC[NH+](C)C)nc2ccccc12)C(=O)[O-]. The molecule has 0 saturated heterocycles. The van der Waals surface area contributed by atoms with Crippen molar-refractivity contribution in [3.05, 3.63) is 30.1 Å². The Morgan fingerprint density at radius 2 is 2.08 bits per heavy atom. The van der Waals surface area contributed by atoms with Gasteiger partial charge in [-0.1, -0.05) is 12.1 Å². The fraction of sp³-hybridized carbons (Fsp3) is 0.471. The second-order valence-electron chi connectivity index (χ2n) is 6.01. The van der Waals surface area contributed by atoms with Crippen molar-refractivity contribution in [3.8, 4) is 0 Å². The molecular formula is C17H24N4O2S. The molecule has 0 amide bonds. The van der Waals surface area contributed by atoms with Crippen molar-refractivity contribution >= 4 is 34.5 Å². The minimum absolute atomic E-state index is 0.485. The van der Waals surface area contributed by atoms with Crippen LogP contribution in [0.15, 0.2) is 24.3 Å². The van der Waals surface area contributed by atoms with Gasteiger partial charge in [0.1, 0.15) is 11.6 Å². The summed E-state index contributed by atoms with van der Waals surface area (Å²) < 4.78 is 0. The third kappa shape index (κ3) is 5.07. The maximum atomic E-state index is 11.4. The first-order valence-corrected chi connectivity index (χ1v) is 9.41. The molecule has 0 aliphatic rings. The van der Waals surface area contributed by atoms with Crippen LogP contribution in [0.4, 0.5) is 5.82 Å². The van der Waals surface area contributed by atoms with Crippen LogP contribution in [0.5, 0.6) is 0 Å². The molecule has 1 aromatic carbocycles. The number of likely N-dealkylation sites (N-methyl/N-ethyl adjacent to an activating group) is 1. The molecule has 0 unspecified atom stereocenters. The maximum absolute atomic E-state index is 11.4. The van der Waals surface area contributed by atoms with E-state index >= 15 is 0 Å². The molecule has 0 bridgehead atoms. The molecule has 24 heavy (non-hydrogen) atoms. The number of para-hydroxylation sites is 1. The second-order valence-corrected chi connectivity index (χ2v) is 7.00. The maximum Gasteiger partial charge on any atom is 0.138 e. The summed E-state index contributed by atoms with van der Waals surface area (Å²) in [5.74, 6) is 0.927. The molecule has 0 aliphatic carbocycles. The van der Waals surface area contributed by atoms with E-state index in [1.54, 1.807) is 11.8 Å². The predicted octanol–water partition coefficient (Wildman–Crippen LogP) is -0.400. The van der Waals surface area contributed by atoms with Crippen LogP contribution in [0, 0.1) is 0 Å². The lowest BCUT2D eigenvalue weighted by Gasteiger charge is -2.21. The van der Waals surface area contributed by atoms with Crippen LogP contribution in [-0.2, 0) is 11.2 Å².